The molecule has 0 rings (SSSR count). The van der Waals surface area contributed by atoms with Gasteiger partial charge in [-0.3, -0.25) is 14.4 Å². The van der Waals surface area contributed by atoms with Gasteiger partial charge in [-0.2, -0.15) is 0 Å². The Morgan fingerprint density at radius 1 is 0.562 bits per heavy atom. The van der Waals surface area contributed by atoms with Crippen LogP contribution in [0.4, 0.5) is 0 Å². The zero-order valence-electron chi connectivity index (χ0n) is 9.54. The van der Waals surface area contributed by atoms with Crippen molar-refractivity contribution in [2.75, 3.05) is 13.1 Å². The van der Waals surface area contributed by atoms with Crippen molar-refractivity contribution in [3.05, 3.63) is 0 Å². The highest BCUT2D eigenvalue weighted by molar-refractivity contribution is 5.89. The molecule has 0 amide bonds. The average Bonchev–Trinajstić information content (AvgIpc) is 2.24. The SMILES string of the molecule is NCCC(=O)CCC(=O)CCC(=O)CCN. The van der Waals surface area contributed by atoms with Gasteiger partial charge in [-0.25, -0.2) is 0 Å². The molecule has 0 unspecified atom stereocenters. The third-order valence-electron chi connectivity index (χ3n) is 2.21. The van der Waals surface area contributed by atoms with Gasteiger partial charge in [-0.05, 0) is 13.1 Å². The molecule has 4 N–H and O–H groups in total. The lowest BCUT2D eigenvalue weighted by Crippen LogP contribution is -2.12. The van der Waals surface area contributed by atoms with E-state index in [1.807, 2.05) is 0 Å². The Morgan fingerprint density at radius 2 is 0.812 bits per heavy atom. The first-order valence-electron chi connectivity index (χ1n) is 5.55. The Balaban J connectivity index is 3.59. The summed E-state index contributed by atoms with van der Waals surface area (Å²) in [5, 5.41) is 0. The van der Waals surface area contributed by atoms with Crippen molar-refractivity contribution in [1.82, 2.24) is 0 Å². The number of Topliss-reactive ketones (excluding diaryl/α,β-unsaturated/α-hetero) is 3. The summed E-state index contributed by atoms with van der Waals surface area (Å²) in [5.74, 6) is -0.0380. The van der Waals surface area contributed by atoms with E-state index in [1.165, 1.54) is 0 Å². The maximum atomic E-state index is 11.3. The smallest absolute Gasteiger partial charge is 0.134 e. The summed E-state index contributed by atoms with van der Waals surface area (Å²) >= 11 is 0. The van der Waals surface area contributed by atoms with Gasteiger partial charge in [0.15, 0.2) is 0 Å². The van der Waals surface area contributed by atoms with Gasteiger partial charge in [0.1, 0.15) is 17.3 Å². The molecule has 0 radical (unpaired) electrons. The minimum absolute atomic E-state index is 0.00383. The highest BCUT2D eigenvalue weighted by Gasteiger charge is 2.08. The van der Waals surface area contributed by atoms with Crippen molar-refractivity contribution < 1.29 is 14.4 Å². The zero-order valence-corrected chi connectivity index (χ0v) is 9.54. The molecule has 16 heavy (non-hydrogen) atoms. The number of hydrogen-bond donors (Lipinski definition) is 2. The van der Waals surface area contributed by atoms with E-state index < -0.39 is 0 Å². The molecule has 0 aromatic rings. The minimum Gasteiger partial charge on any atom is -0.330 e. The Morgan fingerprint density at radius 3 is 1.06 bits per heavy atom. The highest BCUT2D eigenvalue weighted by Crippen LogP contribution is 2.02. The van der Waals surface area contributed by atoms with Crippen molar-refractivity contribution in [2.24, 2.45) is 11.5 Å². The summed E-state index contributed by atoms with van der Waals surface area (Å²) in [7, 11) is 0. The molecule has 5 heteroatoms. The standard InChI is InChI=1S/C11H20N2O3/c12-7-5-10(15)3-1-9(14)2-4-11(16)6-8-13/h1-8,12-13H2. The predicted molar refractivity (Wildman–Crippen MR) is 60.8 cm³/mol. The highest BCUT2D eigenvalue weighted by atomic mass is 16.1. The lowest BCUT2D eigenvalue weighted by atomic mass is 10.0. The van der Waals surface area contributed by atoms with Gasteiger partial charge in [-0.15, -0.1) is 0 Å². The molecule has 0 heterocycles. The van der Waals surface area contributed by atoms with Crippen LogP contribution in [-0.2, 0) is 14.4 Å². The molecule has 0 aliphatic carbocycles. The Hall–Kier alpha value is -1.07. The number of ketones is 3. The van der Waals surface area contributed by atoms with Crippen LogP contribution in [0.5, 0.6) is 0 Å². The average molecular weight is 228 g/mol. The van der Waals surface area contributed by atoms with Crippen LogP contribution in [0.2, 0.25) is 0 Å². The molecule has 0 aliphatic heterocycles. The number of rotatable bonds is 10. The van der Waals surface area contributed by atoms with E-state index in [0.29, 0.717) is 25.9 Å². The third kappa shape index (κ3) is 8.26. The number of nitrogens with two attached hydrogens (primary N) is 2. The summed E-state index contributed by atoms with van der Waals surface area (Å²) in [5.41, 5.74) is 10.4. The Labute approximate surface area is 95.6 Å². The van der Waals surface area contributed by atoms with Crippen LogP contribution in [0.3, 0.4) is 0 Å². The van der Waals surface area contributed by atoms with Crippen LogP contribution < -0.4 is 11.5 Å². The zero-order chi connectivity index (χ0) is 12.4. The van der Waals surface area contributed by atoms with Crippen LogP contribution in [0, 0.1) is 0 Å². The van der Waals surface area contributed by atoms with Crippen LogP contribution in [-0.4, -0.2) is 30.4 Å². The van der Waals surface area contributed by atoms with Crippen molar-refractivity contribution in [2.45, 2.75) is 38.5 Å². The van der Waals surface area contributed by atoms with Gasteiger partial charge in [0.05, 0.1) is 0 Å². The Bertz CT molecular complexity index is 228. The van der Waals surface area contributed by atoms with Crippen LogP contribution >= 0.6 is 0 Å². The maximum Gasteiger partial charge on any atom is 0.134 e. The van der Waals surface area contributed by atoms with E-state index in [2.05, 4.69) is 0 Å². The summed E-state index contributed by atoms with van der Waals surface area (Å²) in [4.78, 5) is 33.4. The van der Waals surface area contributed by atoms with E-state index in [4.69, 9.17) is 11.5 Å². The summed E-state index contributed by atoms with van der Waals surface area (Å²) in [6, 6.07) is 0. The molecule has 0 saturated carbocycles. The summed E-state index contributed by atoms with van der Waals surface area (Å²) in [6.07, 6.45) is 1.55. The van der Waals surface area contributed by atoms with Gasteiger partial charge < -0.3 is 11.5 Å². The van der Waals surface area contributed by atoms with E-state index in [9.17, 15) is 14.4 Å². The molecular formula is C11H20N2O3. The lowest BCUT2D eigenvalue weighted by Gasteiger charge is -2.00. The molecule has 0 saturated heterocycles. The fourth-order valence-corrected chi connectivity index (χ4v) is 1.25. The van der Waals surface area contributed by atoms with Crippen molar-refractivity contribution in [1.29, 1.82) is 0 Å². The van der Waals surface area contributed by atoms with E-state index in [0.717, 1.165) is 0 Å². The van der Waals surface area contributed by atoms with E-state index in [1.54, 1.807) is 0 Å². The molecule has 92 valence electrons. The van der Waals surface area contributed by atoms with Crippen LogP contribution in [0.15, 0.2) is 0 Å². The van der Waals surface area contributed by atoms with Crippen molar-refractivity contribution in [3.8, 4) is 0 Å². The molecule has 0 aromatic heterocycles. The lowest BCUT2D eigenvalue weighted by molar-refractivity contribution is -0.126. The van der Waals surface area contributed by atoms with Crippen molar-refractivity contribution >= 4 is 17.3 Å². The first-order chi connectivity index (χ1) is 7.60. The van der Waals surface area contributed by atoms with Gasteiger partial charge in [0, 0.05) is 38.5 Å². The van der Waals surface area contributed by atoms with E-state index in [-0.39, 0.29) is 43.0 Å². The first-order valence-corrected chi connectivity index (χ1v) is 5.55. The minimum atomic E-state index is -0.0456. The van der Waals surface area contributed by atoms with Gasteiger partial charge in [0.25, 0.3) is 0 Å². The van der Waals surface area contributed by atoms with Crippen molar-refractivity contribution in [3.63, 3.8) is 0 Å². The molecule has 0 bridgehead atoms. The number of hydrogen-bond acceptors (Lipinski definition) is 5. The Kier molecular flexibility index (Phi) is 8.56. The first kappa shape index (κ1) is 14.9. The second-order valence-corrected chi connectivity index (χ2v) is 3.69. The number of carbonyl (C=O) groups excluding carboxylic acids is 3. The summed E-state index contributed by atoms with van der Waals surface area (Å²) < 4.78 is 0. The molecule has 0 spiro atoms. The molecule has 0 fully saturated rings. The maximum absolute atomic E-state index is 11.3. The molecule has 0 aliphatic rings. The summed E-state index contributed by atoms with van der Waals surface area (Å²) in [6.45, 7) is 0.643. The third-order valence-corrected chi connectivity index (χ3v) is 2.21. The monoisotopic (exact) mass is 228 g/mol. The van der Waals surface area contributed by atoms with Gasteiger partial charge >= 0.3 is 0 Å². The van der Waals surface area contributed by atoms with Gasteiger partial charge in [-0.1, -0.05) is 0 Å². The molecule has 0 atom stereocenters. The fraction of sp³-hybridized carbons (Fsp3) is 0.727. The fourth-order valence-electron chi connectivity index (χ4n) is 1.25. The quantitative estimate of drug-likeness (QED) is 0.545. The largest absolute Gasteiger partial charge is 0.330 e. The normalized spacial score (nSPS) is 10.1. The topological polar surface area (TPSA) is 103 Å². The molecular weight excluding hydrogens is 208 g/mol. The van der Waals surface area contributed by atoms with Gasteiger partial charge in [0.2, 0.25) is 0 Å². The second-order valence-electron chi connectivity index (χ2n) is 3.69. The second kappa shape index (κ2) is 9.18. The predicted octanol–water partition coefficient (Wildman–Crippen LogP) is -0.0483. The number of carbonyl (C=O) groups is 3. The van der Waals surface area contributed by atoms with Crippen LogP contribution in [0.1, 0.15) is 38.5 Å². The van der Waals surface area contributed by atoms with Crippen LogP contribution in [0.25, 0.3) is 0 Å². The van der Waals surface area contributed by atoms with E-state index >= 15 is 0 Å². The molecule has 0 aromatic carbocycles. The molecule has 5 nitrogen and oxygen atoms in total.